The zero-order valence-corrected chi connectivity index (χ0v) is 8.71. The lowest BCUT2D eigenvalue weighted by Gasteiger charge is -2.33. The first kappa shape index (κ1) is 10.3. The van der Waals surface area contributed by atoms with Gasteiger partial charge in [-0.15, -0.1) is 0 Å². The third-order valence-corrected chi connectivity index (χ3v) is 2.56. The number of carbonyl (C=O) groups is 1. The van der Waals surface area contributed by atoms with E-state index in [9.17, 15) is 4.79 Å². The second kappa shape index (κ2) is 4.46. The van der Waals surface area contributed by atoms with E-state index in [0.717, 1.165) is 25.9 Å². The van der Waals surface area contributed by atoms with Gasteiger partial charge in [0.15, 0.2) is 0 Å². The second-order valence-corrected chi connectivity index (χ2v) is 3.73. The molecule has 1 saturated heterocycles. The van der Waals surface area contributed by atoms with Crippen LogP contribution in [0.2, 0.25) is 0 Å². The first-order valence-corrected chi connectivity index (χ1v) is 4.78. The van der Waals surface area contributed by atoms with Crippen molar-refractivity contribution in [2.45, 2.75) is 18.9 Å². The Labute approximate surface area is 79.9 Å². The predicted molar refractivity (Wildman–Crippen MR) is 52.7 cm³/mol. The summed E-state index contributed by atoms with van der Waals surface area (Å²) in [5, 5.41) is 3.24. The van der Waals surface area contributed by atoms with Crippen molar-refractivity contribution >= 4 is 6.03 Å². The summed E-state index contributed by atoms with van der Waals surface area (Å²) in [5.74, 6) is 0. The Balaban J connectivity index is 2.36. The molecule has 76 valence electrons. The van der Waals surface area contributed by atoms with Crippen LogP contribution in [0.25, 0.3) is 0 Å². The third kappa shape index (κ3) is 2.59. The molecule has 4 heteroatoms. The number of carbonyl (C=O) groups excluding carboxylic acids is 1. The minimum absolute atomic E-state index is 0.134. The van der Waals surface area contributed by atoms with E-state index in [1.165, 1.54) is 0 Å². The Morgan fingerprint density at radius 3 is 2.31 bits per heavy atom. The second-order valence-electron chi connectivity index (χ2n) is 3.73. The normalized spacial score (nSPS) is 18.8. The highest BCUT2D eigenvalue weighted by molar-refractivity contribution is 5.73. The van der Waals surface area contributed by atoms with Crippen molar-refractivity contribution in [2.24, 2.45) is 0 Å². The number of likely N-dealkylation sites (tertiary alicyclic amines) is 1. The highest BCUT2D eigenvalue weighted by Crippen LogP contribution is 2.10. The quantitative estimate of drug-likeness (QED) is 0.640. The summed E-state index contributed by atoms with van der Waals surface area (Å²) in [6.45, 7) is 1.76. The summed E-state index contributed by atoms with van der Waals surface area (Å²) in [7, 11) is 5.58. The van der Waals surface area contributed by atoms with Crippen LogP contribution in [0, 0.1) is 0 Å². The Bertz CT molecular complexity index is 174. The maximum atomic E-state index is 11.5. The van der Waals surface area contributed by atoms with Gasteiger partial charge in [0.25, 0.3) is 0 Å². The van der Waals surface area contributed by atoms with Gasteiger partial charge in [-0.3, -0.25) is 0 Å². The highest BCUT2D eigenvalue weighted by Gasteiger charge is 2.22. The fourth-order valence-electron chi connectivity index (χ4n) is 1.64. The van der Waals surface area contributed by atoms with Gasteiger partial charge in [-0.05, 0) is 19.9 Å². The molecular formula is C9H19N3O. The average Bonchev–Trinajstić information content (AvgIpc) is 2.17. The molecule has 1 N–H and O–H groups in total. The van der Waals surface area contributed by atoms with Crippen LogP contribution in [-0.2, 0) is 0 Å². The smallest absolute Gasteiger partial charge is 0.319 e. The minimum Gasteiger partial charge on any atom is -0.331 e. The summed E-state index contributed by atoms with van der Waals surface area (Å²) >= 11 is 0. The molecule has 0 spiro atoms. The van der Waals surface area contributed by atoms with Crippen LogP contribution >= 0.6 is 0 Å². The van der Waals surface area contributed by atoms with Crippen LogP contribution in [0.3, 0.4) is 0 Å². The van der Waals surface area contributed by atoms with Gasteiger partial charge in [-0.2, -0.15) is 0 Å². The zero-order chi connectivity index (χ0) is 9.84. The summed E-state index contributed by atoms with van der Waals surface area (Å²) in [5.41, 5.74) is 0. The zero-order valence-electron chi connectivity index (χ0n) is 8.71. The lowest BCUT2D eigenvalue weighted by Crippen LogP contribution is -2.47. The van der Waals surface area contributed by atoms with Crippen molar-refractivity contribution in [1.29, 1.82) is 0 Å². The molecule has 1 aliphatic rings. The molecule has 0 bridgehead atoms. The fraction of sp³-hybridized carbons (Fsp3) is 0.889. The van der Waals surface area contributed by atoms with E-state index in [2.05, 4.69) is 5.32 Å². The average molecular weight is 185 g/mol. The standard InChI is InChI=1S/C9H19N3O/c1-10-8-4-6-12(7-5-8)9(13)11(2)3/h8,10H,4-7H2,1-3H3. The van der Waals surface area contributed by atoms with Crippen LogP contribution < -0.4 is 5.32 Å². The van der Waals surface area contributed by atoms with E-state index in [1.54, 1.807) is 19.0 Å². The maximum absolute atomic E-state index is 11.5. The van der Waals surface area contributed by atoms with Crippen LogP contribution in [0.5, 0.6) is 0 Å². The maximum Gasteiger partial charge on any atom is 0.319 e. The Morgan fingerprint density at radius 1 is 1.38 bits per heavy atom. The molecular weight excluding hydrogens is 166 g/mol. The molecule has 0 aromatic carbocycles. The number of nitrogens with zero attached hydrogens (tertiary/aromatic N) is 2. The molecule has 0 unspecified atom stereocenters. The number of hydrogen-bond acceptors (Lipinski definition) is 2. The number of nitrogens with one attached hydrogen (secondary N) is 1. The third-order valence-electron chi connectivity index (χ3n) is 2.56. The molecule has 13 heavy (non-hydrogen) atoms. The molecule has 0 saturated carbocycles. The van der Waals surface area contributed by atoms with Crippen molar-refractivity contribution < 1.29 is 4.79 Å². The van der Waals surface area contributed by atoms with Crippen molar-refractivity contribution in [1.82, 2.24) is 15.1 Å². The van der Waals surface area contributed by atoms with E-state index in [4.69, 9.17) is 0 Å². The molecule has 1 rings (SSSR count). The number of rotatable bonds is 1. The summed E-state index contributed by atoms with van der Waals surface area (Å²) < 4.78 is 0. The van der Waals surface area contributed by atoms with Crippen LogP contribution in [-0.4, -0.2) is 56.1 Å². The molecule has 0 radical (unpaired) electrons. The minimum atomic E-state index is 0.134. The van der Waals surface area contributed by atoms with Gasteiger partial charge in [0, 0.05) is 33.2 Å². The number of piperidine rings is 1. The predicted octanol–water partition coefficient (Wildman–Crippen LogP) is 0.352. The number of hydrogen-bond donors (Lipinski definition) is 1. The molecule has 1 fully saturated rings. The van der Waals surface area contributed by atoms with Crippen LogP contribution in [0.1, 0.15) is 12.8 Å². The van der Waals surface area contributed by atoms with Gasteiger partial charge in [0.1, 0.15) is 0 Å². The fourth-order valence-corrected chi connectivity index (χ4v) is 1.64. The monoisotopic (exact) mass is 185 g/mol. The van der Waals surface area contributed by atoms with Gasteiger partial charge < -0.3 is 15.1 Å². The molecule has 0 aliphatic carbocycles. The van der Waals surface area contributed by atoms with Crippen molar-refractivity contribution in [3.63, 3.8) is 0 Å². The Kier molecular flexibility index (Phi) is 3.54. The van der Waals surface area contributed by atoms with Gasteiger partial charge in [0.2, 0.25) is 0 Å². The van der Waals surface area contributed by atoms with Gasteiger partial charge in [0.05, 0.1) is 0 Å². The van der Waals surface area contributed by atoms with Crippen molar-refractivity contribution in [3.05, 3.63) is 0 Å². The highest BCUT2D eigenvalue weighted by atomic mass is 16.2. The van der Waals surface area contributed by atoms with Crippen molar-refractivity contribution in [3.8, 4) is 0 Å². The number of urea groups is 1. The van der Waals surface area contributed by atoms with Crippen LogP contribution in [0.15, 0.2) is 0 Å². The Morgan fingerprint density at radius 2 is 1.92 bits per heavy atom. The van der Waals surface area contributed by atoms with Gasteiger partial charge in [-0.25, -0.2) is 4.79 Å². The molecule has 0 aromatic rings. The SMILES string of the molecule is CNC1CCN(C(=O)N(C)C)CC1. The summed E-state index contributed by atoms with van der Waals surface area (Å²) in [4.78, 5) is 15.1. The van der Waals surface area contributed by atoms with E-state index in [0.29, 0.717) is 6.04 Å². The van der Waals surface area contributed by atoms with Gasteiger partial charge >= 0.3 is 6.03 Å². The van der Waals surface area contributed by atoms with E-state index >= 15 is 0 Å². The topological polar surface area (TPSA) is 35.6 Å². The first-order valence-electron chi connectivity index (χ1n) is 4.78. The molecule has 4 nitrogen and oxygen atoms in total. The summed E-state index contributed by atoms with van der Waals surface area (Å²) in [6, 6.07) is 0.723. The van der Waals surface area contributed by atoms with Crippen molar-refractivity contribution in [2.75, 3.05) is 34.2 Å². The molecule has 1 aliphatic heterocycles. The first-order chi connectivity index (χ1) is 6.15. The Hall–Kier alpha value is -0.770. The molecule has 1 heterocycles. The number of amides is 2. The summed E-state index contributed by atoms with van der Waals surface area (Å²) in [6.07, 6.45) is 2.13. The van der Waals surface area contributed by atoms with E-state index in [-0.39, 0.29) is 6.03 Å². The lowest BCUT2D eigenvalue weighted by molar-refractivity contribution is 0.153. The van der Waals surface area contributed by atoms with E-state index in [1.807, 2.05) is 11.9 Å². The lowest BCUT2D eigenvalue weighted by atomic mass is 10.1. The largest absolute Gasteiger partial charge is 0.331 e. The molecule has 2 amide bonds. The molecule has 0 aromatic heterocycles. The van der Waals surface area contributed by atoms with Crippen LogP contribution in [0.4, 0.5) is 4.79 Å². The molecule has 0 atom stereocenters. The van der Waals surface area contributed by atoms with Gasteiger partial charge in [-0.1, -0.05) is 0 Å². The van der Waals surface area contributed by atoms with E-state index < -0.39 is 0 Å².